The second-order valence-corrected chi connectivity index (χ2v) is 13.1. The topological polar surface area (TPSA) is 65.0 Å². The summed E-state index contributed by atoms with van der Waals surface area (Å²) in [7, 11) is 0. The van der Waals surface area contributed by atoms with Crippen LogP contribution in [0.1, 0.15) is 0 Å². The van der Waals surface area contributed by atoms with Gasteiger partial charge in [0.25, 0.3) is 0 Å². The summed E-state index contributed by atoms with van der Waals surface area (Å²) in [5.41, 5.74) is 10.9. The Morgan fingerprint density at radius 1 is 0.346 bits per heavy atom. The Balaban J connectivity index is 1.21. The van der Waals surface area contributed by atoms with E-state index in [0.29, 0.717) is 5.82 Å². The largest absolute Gasteiger partial charge is 0.456 e. The van der Waals surface area contributed by atoms with Crippen molar-refractivity contribution in [2.75, 3.05) is 0 Å². The average Bonchev–Trinajstić information content (AvgIpc) is 3.79. The molecule has 11 aromatic rings. The zero-order chi connectivity index (χ0) is 34.2. The first-order chi connectivity index (χ1) is 25.8. The molecule has 11 rings (SSSR count). The molecule has 0 aliphatic rings. The van der Waals surface area contributed by atoms with Gasteiger partial charge in [-0.15, -0.1) is 0 Å². The number of para-hydroxylation sites is 2. The number of pyridine rings is 1. The van der Waals surface area contributed by atoms with E-state index in [1.807, 2.05) is 66.7 Å². The Kier molecular flexibility index (Phi) is 6.18. The molecule has 242 valence electrons. The van der Waals surface area contributed by atoms with Crippen LogP contribution in [0, 0.1) is 0 Å². The lowest BCUT2D eigenvalue weighted by molar-refractivity contribution is 0.668. The molecule has 5 nitrogen and oxygen atoms in total. The minimum Gasteiger partial charge on any atom is -0.456 e. The Morgan fingerprint density at radius 2 is 0.981 bits per heavy atom. The summed E-state index contributed by atoms with van der Waals surface area (Å²) in [4.78, 5) is 15.7. The maximum Gasteiger partial charge on any atom is 0.160 e. The Bertz CT molecular complexity index is 3180. The molecule has 5 heteroatoms. The number of rotatable bonds is 4. The maximum atomic E-state index is 6.41. The quantitative estimate of drug-likeness (QED) is 0.175. The predicted octanol–water partition coefficient (Wildman–Crippen LogP) is 12.6. The van der Waals surface area contributed by atoms with E-state index in [1.165, 1.54) is 0 Å². The minimum absolute atomic E-state index is 0.656. The van der Waals surface area contributed by atoms with Gasteiger partial charge in [-0.3, -0.25) is 0 Å². The fourth-order valence-electron chi connectivity index (χ4n) is 7.72. The molecule has 0 aliphatic carbocycles. The second kappa shape index (κ2) is 11.2. The lowest BCUT2D eigenvalue weighted by Gasteiger charge is -2.13. The van der Waals surface area contributed by atoms with Crippen molar-refractivity contribution in [1.82, 2.24) is 15.0 Å². The lowest BCUT2D eigenvalue weighted by Crippen LogP contribution is -1.97. The molecule has 0 saturated carbocycles. The van der Waals surface area contributed by atoms with Gasteiger partial charge in [-0.2, -0.15) is 0 Å². The number of benzene rings is 7. The second-order valence-electron chi connectivity index (χ2n) is 13.1. The molecule has 0 bridgehead atoms. The third kappa shape index (κ3) is 4.39. The van der Waals surface area contributed by atoms with Crippen LogP contribution in [0.5, 0.6) is 0 Å². The predicted molar refractivity (Wildman–Crippen MR) is 211 cm³/mol. The van der Waals surface area contributed by atoms with E-state index in [-0.39, 0.29) is 0 Å². The normalized spacial score (nSPS) is 11.8. The van der Waals surface area contributed by atoms with Crippen molar-refractivity contribution in [2.45, 2.75) is 0 Å². The van der Waals surface area contributed by atoms with Crippen molar-refractivity contribution in [3.8, 4) is 45.2 Å². The van der Waals surface area contributed by atoms with Gasteiger partial charge in [-0.05, 0) is 48.5 Å². The van der Waals surface area contributed by atoms with Gasteiger partial charge in [0, 0.05) is 60.0 Å². The smallest absolute Gasteiger partial charge is 0.160 e. The summed E-state index contributed by atoms with van der Waals surface area (Å²) in [6.07, 6.45) is 0. The number of aromatic nitrogens is 3. The van der Waals surface area contributed by atoms with E-state index in [9.17, 15) is 0 Å². The van der Waals surface area contributed by atoms with Gasteiger partial charge >= 0.3 is 0 Å². The third-order valence-corrected chi connectivity index (χ3v) is 10.1. The molecule has 7 aromatic carbocycles. The van der Waals surface area contributed by atoms with Crippen molar-refractivity contribution in [3.63, 3.8) is 0 Å². The van der Waals surface area contributed by atoms with Crippen LogP contribution in [0.3, 0.4) is 0 Å². The lowest BCUT2D eigenvalue weighted by atomic mass is 9.94. The summed E-state index contributed by atoms with van der Waals surface area (Å²) in [6.45, 7) is 0. The van der Waals surface area contributed by atoms with Gasteiger partial charge in [-0.25, -0.2) is 15.0 Å². The summed E-state index contributed by atoms with van der Waals surface area (Å²) in [5, 5.41) is 7.48. The van der Waals surface area contributed by atoms with Gasteiger partial charge in [0.2, 0.25) is 0 Å². The molecule has 4 heterocycles. The molecule has 0 atom stereocenters. The number of nitrogens with zero attached hydrogens (tertiary/aromatic N) is 3. The van der Waals surface area contributed by atoms with Crippen LogP contribution in [0.4, 0.5) is 0 Å². The zero-order valence-electron chi connectivity index (χ0n) is 27.7. The van der Waals surface area contributed by atoms with Gasteiger partial charge < -0.3 is 8.83 Å². The van der Waals surface area contributed by atoms with Gasteiger partial charge in [-0.1, -0.05) is 115 Å². The van der Waals surface area contributed by atoms with Gasteiger partial charge in [0.05, 0.1) is 22.6 Å². The van der Waals surface area contributed by atoms with Crippen molar-refractivity contribution < 1.29 is 8.83 Å². The first-order valence-electron chi connectivity index (χ1n) is 17.4. The molecule has 0 amide bonds. The monoisotopic (exact) mass is 665 g/mol. The highest BCUT2D eigenvalue weighted by molar-refractivity contribution is 6.28. The fourth-order valence-corrected chi connectivity index (χ4v) is 7.72. The summed E-state index contributed by atoms with van der Waals surface area (Å²) >= 11 is 0. The third-order valence-electron chi connectivity index (χ3n) is 10.1. The van der Waals surface area contributed by atoms with Crippen LogP contribution in [-0.4, -0.2) is 15.0 Å². The molecule has 0 unspecified atom stereocenters. The number of hydrogen-bond donors (Lipinski definition) is 0. The zero-order valence-corrected chi connectivity index (χ0v) is 27.7. The van der Waals surface area contributed by atoms with Crippen molar-refractivity contribution in [1.29, 1.82) is 0 Å². The Labute approximate surface area is 297 Å². The van der Waals surface area contributed by atoms with E-state index in [4.69, 9.17) is 23.8 Å². The van der Waals surface area contributed by atoms with Crippen LogP contribution in [0.2, 0.25) is 0 Å². The molecule has 0 N–H and O–H groups in total. The van der Waals surface area contributed by atoms with Gasteiger partial charge in [0.15, 0.2) is 5.82 Å². The highest BCUT2D eigenvalue weighted by atomic mass is 16.3. The van der Waals surface area contributed by atoms with Crippen LogP contribution in [0.25, 0.3) is 111 Å². The van der Waals surface area contributed by atoms with Crippen LogP contribution in [0.15, 0.2) is 173 Å². The van der Waals surface area contributed by atoms with E-state index in [1.54, 1.807) is 0 Å². The summed E-state index contributed by atoms with van der Waals surface area (Å²) in [6, 6.07) is 56.0. The van der Waals surface area contributed by atoms with Gasteiger partial charge in [0.1, 0.15) is 22.3 Å². The molecule has 0 spiro atoms. The van der Waals surface area contributed by atoms with E-state index >= 15 is 0 Å². The maximum absolute atomic E-state index is 6.41. The first kappa shape index (κ1) is 28.7. The average molecular weight is 666 g/mol. The van der Waals surface area contributed by atoms with Crippen molar-refractivity contribution in [3.05, 3.63) is 164 Å². The summed E-state index contributed by atoms with van der Waals surface area (Å²) in [5.74, 6) is 0.656. The molecule has 4 aromatic heterocycles. The van der Waals surface area contributed by atoms with E-state index in [0.717, 1.165) is 105 Å². The Hall–Kier alpha value is -7.11. The molecular weight excluding hydrogens is 639 g/mol. The molecule has 52 heavy (non-hydrogen) atoms. The Morgan fingerprint density at radius 3 is 1.75 bits per heavy atom. The summed E-state index contributed by atoms with van der Waals surface area (Å²) < 4.78 is 12.7. The van der Waals surface area contributed by atoms with Crippen LogP contribution >= 0.6 is 0 Å². The fraction of sp³-hybridized carbons (Fsp3) is 0. The molecule has 0 radical (unpaired) electrons. The molecular formula is C47H27N3O2. The minimum atomic E-state index is 0.656. The van der Waals surface area contributed by atoms with Crippen molar-refractivity contribution >= 4 is 65.6 Å². The highest BCUT2D eigenvalue weighted by Crippen LogP contribution is 2.43. The number of furan rings is 2. The SMILES string of the molecule is c1ccc(-c2nc(-c3ccc4nc(-c5ccccc5)c5ccc6oc7ccccc7c6c5c4c3)cc(-c3cccc4oc5ccccc5c34)n2)cc1. The number of hydrogen-bond acceptors (Lipinski definition) is 5. The molecule has 0 fully saturated rings. The van der Waals surface area contributed by atoms with Crippen LogP contribution in [-0.2, 0) is 0 Å². The molecule has 0 saturated heterocycles. The van der Waals surface area contributed by atoms with Crippen molar-refractivity contribution in [2.24, 2.45) is 0 Å². The first-order valence-corrected chi connectivity index (χ1v) is 17.4. The van der Waals surface area contributed by atoms with Crippen LogP contribution < -0.4 is 0 Å². The standard InChI is InChI=1S/C47H27N3O2/c1-3-12-28(13-4-1)46-34-23-25-42-45(33-17-8-10-20-40(33)52-42)44(34)35-26-30(22-24-36(35)48-46)37-27-38(50-47(49-37)29-14-5-2-6-15-29)31-18-11-21-41-43(31)32-16-7-9-19-39(32)51-41/h1-27H. The molecule has 0 aliphatic heterocycles. The highest BCUT2D eigenvalue weighted by Gasteiger charge is 2.20. The van der Waals surface area contributed by atoms with E-state index < -0.39 is 0 Å². The number of fused-ring (bicyclic) bond motifs is 10. The van der Waals surface area contributed by atoms with E-state index in [2.05, 4.69) is 97.1 Å².